The molecule has 0 bridgehead atoms. The van der Waals surface area contributed by atoms with Gasteiger partial charge in [0.2, 0.25) is 5.91 Å². The van der Waals surface area contributed by atoms with E-state index in [0.29, 0.717) is 6.42 Å². The number of nitriles is 1. The maximum atomic E-state index is 12.2. The van der Waals surface area contributed by atoms with Crippen LogP contribution in [0.4, 0.5) is 0 Å². The number of rotatable bonds is 6. The Morgan fingerprint density at radius 3 is 2.33 bits per heavy atom. The molecule has 18 heavy (non-hydrogen) atoms. The molecule has 102 valence electrons. The van der Waals surface area contributed by atoms with E-state index in [9.17, 15) is 4.79 Å². The Bertz CT molecular complexity index is 328. The number of likely N-dealkylation sites (N-methyl/N-ethyl adjacent to an activating group) is 2. The quantitative estimate of drug-likeness (QED) is 0.724. The van der Waals surface area contributed by atoms with Gasteiger partial charge in [-0.15, -0.1) is 0 Å². The van der Waals surface area contributed by atoms with Gasteiger partial charge in [-0.2, -0.15) is 5.26 Å². The second-order valence-corrected chi connectivity index (χ2v) is 5.64. The van der Waals surface area contributed by atoms with Gasteiger partial charge >= 0.3 is 0 Å². The molecular formula is C14H25N3O. The summed E-state index contributed by atoms with van der Waals surface area (Å²) in [6.07, 6.45) is 5.05. The van der Waals surface area contributed by atoms with Crippen molar-refractivity contribution in [1.29, 1.82) is 5.26 Å². The molecule has 0 aromatic carbocycles. The van der Waals surface area contributed by atoms with Gasteiger partial charge in [0.05, 0.1) is 6.07 Å². The van der Waals surface area contributed by atoms with Gasteiger partial charge in [-0.3, -0.25) is 4.79 Å². The molecule has 0 radical (unpaired) electrons. The van der Waals surface area contributed by atoms with Gasteiger partial charge in [0.15, 0.2) is 0 Å². The number of nitrogens with zero attached hydrogens (tertiary/aromatic N) is 3. The third kappa shape index (κ3) is 3.02. The first-order chi connectivity index (χ1) is 8.46. The summed E-state index contributed by atoms with van der Waals surface area (Å²) in [5, 5.41) is 9.05. The van der Waals surface area contributed by atoms with E-state index in [2.05, 4.69) is 25.1 Å². The summed E-state index contributed by atoms with van der Waals surface area (Å²) in [6.45, 7) is 2.74. The fraction of sp³-hybridized carbons (Fsp3) is 0.857. The van der Waals surface area contributed by atoms with Crippen LogP contribution in [0.15, 0.2) is 0 Å². The minimum absolute atomic E-state index is 0.0209. The molecule has 0 heterocycles. The van der Waals surface area contributed by atoms with Gasteiger partial charge in [0, 0.05) is 19.1 Å². The Morgan fingerprint density at radius 1 is 1.39 bits per heavy atom. The molecule has 4 heteroatoms. The summed E-state index contributed by atoms with van der Waals surface area (Å²) in [5.74, 6) is -0.494. The number of hydrogen-bond acceptors (Lipinski definition) is 3. The molecule has 0 aromatic rings. The monoisotopic (exact) mass is 251 g/mol. The summed E-state index contributed by atoms with van der Waals surface area (Å²) < 4.78 is 0. The van der Waals surface area contributed by atoms with Crippen molar-refractivity contribution < 1.29 is 4.79 Å². The molecule has 4 nitrogen and oxygen atoms in total. The van der Waals surface area contributed by atoms with Gasteiger partial charge in [0.1, 0.15) is 5.92 Å². The number of carbonyl (C=O) groups excluding carboxylic acids is 1. The molecular weight excluding hydrogens is 226 g/mol. The second-order valence-electron chi connectivity index (χ2n) is 5.64. The molecule has 1 fully saturated rings. The van der Waals surface area contributed by atoms with E-state index in [1.807, 2.05) is 14.0 Å². The molecule has 1 atom stereocenters. The Hall–Kier alpha value is -1.08. The first-order valence-corrected chi connectivity index (χ1v) is 6.79. The zero-order valence-corrected chi connectivity index (χ0v) is 12.1. The number of hydrogen-bond donors (Lipinski definition) is 0. The van der Waals surface area contributed by atoms with Crippen molar-refractivity contribution in [1.82, 2.24) is 9.80 Å². The van der Waals surface area contributed by atoms with Crippen LogP contribution in [0.1, 0.15) is 39.0 Å². The van der Waals surface area contributed by atoms with Gasteiger partial charge in [0.25, 0.3) is 0 Å². The summed E-state index contributed by atoms with van der Waals surface area (Å²) in [4.78, 5) is 16.2. The maximum Gasteiger partial charge on any atom is 0.239 e. The van der Waals surface area contributed by atoms with Crippen molar-refractivity contribution in [3.63, 3.8) is 0 Å². The smallest absolute Gasteiger partial charge is 0.239 e. The third-order valence-corrected chi connectivity index (χ3v) is 4.17. The Kier molecular flexibility index (Phi) is 5.15. The zero-order chi connectivity index (χ0) is 13.8. The molecule has 1 aliphatic rings. The van der Waals surface area contributed by atoms with Crippen LogP contribution in [0, 0.1) is 17.2 Å². The highest BCUT2D eigenvalue weighted by molar-refractivity contribution is 5.81. The lowest BCUT2D eigenvalue weighted by Gasteiger charge is -2.49. The summed E-state index contributed by atoms with van der Waals surface area (Å²) >= 11 is 0. The highest BCUT2D eigenvalue weighted by Crippen LogP contribution is 2.36. The van der Waals surface area contributed by atoms with Crippen LogP contribution in [0.2, 0.25) is 0 Å². The summed E-state index contributed by atoms with van der Waals surface area (Å²) in [6, 6.07) is 2.13. The van der Waals surface area contributed by atoms with Crippen LogP contribution in [-0.4, -0.2) is 48.9 Å². The molecule has 0 aromatic heterocycles. The van der Waals surface area contributed by atoms with Crippen LogP contribution in [-0.2, 0) is 4.79 Å². The highest BCUT2D eigenvalue weighted by Gasteiger charge is 2.41. The van der Waals surface area contributed by atoms with Crippen molar-refractivity contribution in [2.45, 2.75) is 44.6 Å². The van der Waals surface area contributed by atoms with Crippen LogP contribution in [0.25, 0.3) is 0 Å². The molecule has 1 aliphatic carbocycles. The lowest BCUT2D eigenvalue weighted by Crippen LogP contribution is -2.57. The molecule has 0 saturated heterocycles. The molecule has 1 rings (SSSR count). The van der Waals surface area contributed by atoms with Crippen molar-refractivity contribution >= 4 is 5.91 Å². The highest BCUT2D eigenvalue weighted by atomic mass is 16.2. The number of carbonyl (C=O) groups is 1. The minimum atomic E-state index is -0.473. The number of amides is 1. The average Bonchev–Trinajstić information content (AvgIpc) is 2.29. The van der Waals surface area contributed by atoms with E-state index in [4.69, 9.17) is 5.26 Å². The first kappa shape index (κ1) is 15.0. The van der Waals surface area contributed by atoms with Crippen LogP contribution in [0.3, 0.4) is 0 Å². The van der Waals surface area contributed by atoms with E-state index < -0.39 is 5.92 Å². The van der Waals surface area contributed by atoms with Crippen LogP contribution < -0.4 is 0 Å². The van der Waals surface area contributed by atoms with Gasteiger partial charge in [-0.05, 0) is 39.8 Å². The molecule has 1 unspecified atom stereocenters. The van der Waals surface area contributed by atoms with E-state index in [0.717, 1.165) is 25.8 Å². The van der Waals surface area contributed by atoms with Gasteiger partial charge < -0.3 is 9.80 Å². The lowest BCUT2D eigenvalue weighted by atomic mass is 9.75. The van der Waals surface area contributed by atoms with Crippen molar-refractivity contribution in [3.05, 3.63) is 0 Å². The fourth-order valence-corrected chi connectivity index (χ4v) is 2.65. The standard InChI is InChI=1S/C14H25N3O/c1-5-7-12(10-15)13(18)17(4)11-14(16(2)3)8-6-9-14/h12H,5-9,11H2,1-4H3. The molecule has 0 aliphatic heterocycles. The average molecular weight is 251 g/mol. The molecule has 1 saturated carbocycles. The first-order valence-electron chi connectivity index (χ1n) is 6.79. The van der Waals surface area contributed by atoms with Gasteiger partial charge in [-0.25, -0.2) is 0 Å². The van der Waals surface area contributed by atoms with E-state index in [-0.39, 0.29) is 11.4 Å². The van der Waals surface area contributed by atoms with Crippen molar-refractivity contribution in [2.75, 3.05) is 27.7 Å². The summed E-state index contributed by atoms with van der Waals surface area (Å²) in [7, 11) is 5.97. The zero-order valence-electron chi connectivity index (χ0n) is 12.1. The summed E-state index contributed by atoms with van der Waals surface area (Å²) in [5.41, 5.74) is 0.136. The Morgan fingerprint density at radius 2 is 2.00 bits per heavy atom. The third-order valence-electron chi connectivity index (χ3n) is 4.17. The predicted molar refractivity (Wildman–Crippen MR) is 71.9 cm³/mol. The molecule has 0 N–H and O–H groups in total. The van der Waals surface area contributed by atoms with E-state index in [1.165, 1.54) is 6.42 Å². The predicted octanol–water partition coefficient (Wildman–Crippen LogP) is 1.87. The topological polar surface area (TPSA) is 47.3 Å². The van der Waals surface area contributed by atoms with Gasteiger partial charge in [-0.1, -0.05) is 13.3 Å². The molecule has 0 spiro atoms. The fourth-order valence-electron chi connectivity index (χ4n) is 2.65. The minimum Gasteiger partial charge on any atom is -0.343 e. The lowest BCUT2D eigenvalue weighted by molar-refractivity contribution is -0.135. The second kappa shape index (κ2) is 6.19. The SMILES string of the molecule is CCCC(C#N)C(=O)N(C)CC1(N(C)C)CCC1. The van der Waals surface area contributed by atoms with Crippen molar-refractivity contribution in [3.8, 4) is 6.07 Å². The van der Waals surface area contributed by atoms with Crippen LogP contribution >= 0.6 is 0 Å². The van der Waals surface area contributed by atoms with E-state index >= 15 is 0 Å². The largest absolute Gasteiger partial charge is 0.343 e. The normalized spacial score (nSPS) is 18.9. The maximum absolute atomic E-state index is 12.2. The Labute approximate surface area is 111 Å². The van der Waals surface area contributed by atoms with Crippen LogP contribution in [0.5, 0.6) is 0 Å². The van der Waals surface area contributed by atoms with E-state index in [1.54, 1.807) is 4.90 Å². The molecule has 1 amide bonds. The van der Waals surface area contributed by atoms with Crippen molar-refractivity contribution in [2.24, 2.45) is 5.92 Å². The Balaban J connectivity index is 2.62.